The number of halogens is 4. The van der Waals surface area contributed by atoms with Gasteiger partial charge in [0.1, 0.15) is 0 Å². The first kappa shape index (κ1) is 18.2. The molecular formula is C14H16F3IN2O2S. The van der Waals surface area contributed by atoms with Crippen LogP contribution in [-0.4, -0.2) is 23.7 Å². The molecule has 2 rings (SSSR count). The van der Waals surface area contributed by atoms with Crippen LogP contribution in [-0.2, 0) is 13.6 Å². The minimum absolute atomic E-state index is 0.214. The molecule has 0 fully saturated rings. The molecule has 23 heavy (non-hydrogen) atoms. The fourth-order valence-corrected chi connectivity index (χ4v) is 12.8. The monoisotopic (exact) mass is 460 g/mol. The van der Waals surface area contributed by atoms with E-state index in [0.717, 1.165) is 6.42 Å². The van der Waals surface area contributed by atoms with Crippen molar-refractivity contribution in [1.82, 2.24) is 9.78 Å². The Morgan fingerprint density at radius 1 is 1.22 bits per heavy atom. The Morgan fingerprint density at radius 3 is 2.35 bits per heavy atom. The standard InChI is InChI=1S/C14H16F3IN2O2S/c1-3-9-20-10-13(11(2)19-20)18(12-7-5-4-6-8-12)23(21,22)14(15,16)17/h4-8,10H,3,9H2,1-2H3. The molecule has 128 valence electrons. The second kappa shape index (κ2) is 6.80. The third kappa shape index (κ3) is 3.70. The molecule has 0 aliphatic carbocycles. The van der Waals surface area contributed by atoms with Crippen molar-refractivity contribution in [2.24, 2.45) is 0 Å². The first-order valence-electron chi connectivity index (χ1n) is 6.79. The number of benzene rings is 1. The van der Waals surface area contributed by atoms with E-state index >= 15 is 0 Å². The van der Waals surface area contributed by atoms with Crippen LogP contribution in [0.3, 0.4) is 0 Å². The molecule has 4 nitrogen and oxygen atoms in total. The predicted molar refractivity (Wildman–Crippen MR) is 90.1 cm³/mol. The predicted octanol–water partition coefficient (Wildman–Crippen LogP) is 4.00. The van der Waals surface area contributed by atoms with Gasteiger partial charge in [-0.15, -0.1) is 0 Å². The molecule has 0 spiro atoms. The summed E-state index contributed by atoms with van der Waals surface area (Å²) in [6.45, 7) is 4.00. The number of aryl methyl sites for hydroxylation is 2. The molecule has 2 aromatic rings. The van der Waals surface area contributed by atoms with Gasteiger partial charge < -0.3 is 0 Å². The van der Waals surface area contributed by atoms with E-state index in [0.29, 0.717) is 12.2 Å². The topological polar surface area (TPSA) is 52.0 Å². The molecule has 0 amide bonds. The summed E-state index contributed by atoms with van der Waals surface area (Å²) < 4.78 is 65.8. The van der Waals surface area contributed by atoms with Gasteiger partial charge in [-0.1, -0.05) is 0 Å². The van der Waals surface area contributed by atoms with E-state index in [9.17, 15) is 21.6 Å². The molecule has 9 heteroatoms. The van der Waals surface area contributed by atoms with Gasteiger partial charge in [0.2, 0.25) is 0 Å². The van der Waals surface area contributed by atoms with Crippen LogP contribution >= 0.6 is 18.4 Å². The third-order valence-electron chi connectivity index (χ3n) is 2.93. The van der Waals surface area contributed by atoms with Crippen LogP contribution in [0.15, 0.2) is 36.5 Å². The minimum atomic E-state index is -5.27. The Morgan fingerprint density at radius 2 is 1.83 bits per heavy atom. The van der Waals surface area contributed by atoms with E-state index in [4.69, 9.17) is 0 Å². The third-order valence-corrected chi connectivity index (χ3v) is 15.1. The number of alkyl halides is 3. The van der Waals surface area contributed by atoms with Crippen LogP contribution in [0.2, 0.25) is 0 Å². The van der Waals surface area contributed by atoms with E-state index < -0.39 is 31.0 Å². The van der Waals surface area contributed by atoms with Crippen molar-refractivity contribution in [2.75, 3.05) is 0 Å². The summed E-state index contributed by atoms with van der Waals surface area (Å²) in [4.78, 5) is 0. The first-order chi connectivity index (χ1) is 10.7. The zero-order chi connectivity index (χ0) is 17.3. The van der Waals surface area contributed by atoms with Gasteiger partial charge >= 0.3 is 138 Å². The van der Waals surface area contributed by atoms with Gasteiger partial charge in [-0.25, -0.2) is 0 Å². The maximum atomic E-state index is 13.2. The Kier molecular flexibility index (Phi) is 5.39. The van der Waals surface area contributed by atoms with Crippen molar-refractivity contribution in [2.45, 2.75) is 32.3 Å². The summed E-state index contributed by atoms with van der Waals surface area (Å²) in [6.07, 6.45) is 2.21. The molecule has 0 radical (unpaired) electrons. The van der Waals surface area contributed by atoms with E-state index in [1.165, 1.54) is 23.0 Å². The van der Waals surface area contributed by atoms with Crippen LogP contribution in [0.1, 0.15) is 19.0 Å². The summed E-state index contributed by atoms with van der Waals surface area (Å²) in [7, 11) is -5.27. The van der Waals surface area contributed by atoms with Crippen LogP contribution < -0.4 is 0 Å². The summed E-state index contributed by atoms with van der Waals surface area (Å²) >= 11 is -3.79. The zero-order valence-electron chi connectivity index (χ0n) is 12.5. The Bertz CT molecular complexity index is 773. The summed E-state index contributed by atoms with van der Waals surface area (Å²) in [5.74, 6) is 0. The fourth-order valence-electron chi connectivity index (χ4n) is 1.97. The second-order valence-corrected chi connectivity index (χ2v) is 15.5. The molecule has 0 atom stereocenters. The molecule has 0 saturated heterocycles. The number of nitrogens with zero attached hydrogens (tertiary/aromatic N) is 2. The van der Waals surface area contributed by atoms with Crippen LogP contribution in [0, 0.1) is 14.1 Å². The van der Waals surface area contributed by atoms with Gasteiger partial charge in [0, 0.05) is 0 Å². The van der Waals surface area contributed by atoms with E-state index in [1.807, 2.05) is 6.92 Å². The molecule has 1 heterocycles. The number of rotatable bonds is 5. The van der Waals surface area contributed by atoms with E-state index in [1.54, 1.807) is 25.1 Å². The van der Waals surface area contributed by atoms with Gasteiger partial charge in [0.15, 0.2) is 0 Å². The molecule has 0 bridgehead atoms. The Balaban J connectivity index is 2.65. The normalized spacial score (nSPS) is 13.2. The van der Waals surface area contributed by atoms with E-state index in [2.05, 4.69) is 5.10 Å². The quantitative estimate of drug-likeness (QED) is 0.501. The Hall–Kier alpha value is -1.10. The van der Waals surface area contributed by atoms with Gasteiger partial charge in [0.25, 0.3) is 0 Å². The molecule has 1 aromatic carbocycles. The van der Waals surface area contributed by atoms with Crippen molar-refractivity contribution in [3.8, 4) is 0 Å². The summed E-state index contributed by atoms with van der Waals surface area (Å²) in [6, 6.07) is 7.65. The first-order valence-corrected chi connectivity index (χ1v) is 13.0. The number of hydrogen-bond acceptors (Lipinski definition) is 3. The fraction of sp³-hybridized carbons (Fsp3) is 0.357. The average molecular weight is 460 g/mol. The van der Waals surface area contributed by atoms with Crippen molar-refractivity contribution >= 4 is 25.4 Å². The van der Waals surface area contributed by atoms with Crippen LogP contribution in [0.25, 0.3) is 0 Å². The second-order valence-electron chi connectivity index (χ2n) is 4.75. The average Bonchev–Trinajstić information content (AvgIpc) is 2.80. The van der Waals surface area contributed by atoms with Gasteiger partial charge in [0.05, 0.1) is 0 Å². The van der Waals surface area contributed by atoms with Crippen molar-refractivity contribution < 1.29 is 21.6 Å². The SMILES string of the molecule is CCCn1cc(I(c2ccccc2)S(=O)(=O)C(F)(F)F)c(C)n1. The van der Waals surface area contributed by atoms with Crippen LogP contribution in [0.4, 0.5) is 13.2 Å². The number of hydrogen-bond donors (Lipinski definition) is 0. The van der Waals surface area contributed by atoms with Crippen molar-refractivity contribution in [3.63, 3.8) is 0 Å². The van der Waals surface area contributed by atoms with Gasteiger partial charge in [-0.05, 0) is 0 Å². The molecule has 0 unspecified atom stereocenters. The molecule has 0 N–H and O–H groups in total. The van der Waals surface area contributed by atoms with Crippen LogP contribution in [0.5, 0.6) is 0 Å². The van der Waals surface area contributed by atoms with Crippen molar-refractivity contribution in [3.05, 3.63) is 49.4 Å². The molecule has 0 saturated carbocycles. The maximum absolute atomic E-state index is 13.2. The summed E-state index contributed by atoms with van der Waals surface area (Å²) in [5, 5.41) is 4.17. The molecule has 0 aliphatic rings. The van der Waals surface area contributed by atoms with Gasteiger partial charge in [-0.2, -0.15) is 0 Å². The van der Waals surface area contributed by atoms with E-state index in [-0.39, 0.29) is 7.14 Å². The number of aromatic nitrogens is 2. The van der Waals surface area contributed by atoms with Gasteiger partial charge in [-0.3, -0.25) is 0 Å². The van der Waals surface area contributed by atoms with Crippen molar-refractivity contribution in [1.29, 1.82) is 0 Å². The molecule has 1 aromatic heterocycles. The molecular weight excluding hydrogens is 444 g/mol. The Labute approximate surface area is 138 Å². The summed E-state index contributed by atoms with van der Waals surface area (Å²) in [5.41, 5.74) is -4.92. The zero-order valence-corrected chi connectivity index (χ0v) is 15.5. The molecule has 0 aliphatic heterocycles.